The maximum absolute atomic E-state index is 15.2. The van der Waals surface area contributed by atoms with Crippen LogP contribution in [0.25, 0.3) is 0 Å². The Balaban J connectivity index is 0.00000158. The molecule has 0 unspecified atom stereocenters. The van der Waals surface area contributed by atoms with Crippen molar-refractivity contribution in [3.63, 3.8) is 0 Å². The maximum atomic E-state index is 15.2. The zero-order valence-electron chi connectivity index (χ0n) is 23.8. The van der Waals surface area contributed by atoms with Crippen LogP contribution in [0.4, 0.5) is 24.7 Å². The summed E-state index contributed by atoms with van der Waals surface area (Å²) in [4.78, 5) is 11.7. The summed E-state index contributed by atoms with van der Waals surface area (Å²) in [5, 5.41) is 0. The van der Waals surface area contributed by atoms with E-state index in [1.54, 1.807) is 18.2 Å². The van der Waals surface area contributed by atoms with Crippen LogP contribution in [0.2, 0.25) is 0 Å². The molecular weight excluding hydrogens is 551 g/mol. The highest BCUT2D eigenvalue weighted by molar-refractivity contribution is 7.92. The van der Waals surface area contributed by atoms with Crippen molar-refractivity contribution in [3.8, 4) is 0 Å². The monoisotopic (exact) mass is 591 g/mol. The Labute approximate surface area is 242 Å². The van der Waals surface area contributed by atoms with Crippen LogP contribution in [0.5, 0.6) is 0 Å². The fraction of sp³-hybridized carbons (Fsp3) is 0.467. The van der Waals surface area contributed by atoms with Gasteiger partial charge >= 0.3 is 0 Å². The highest BCUT2D eigenvalue weighted by Gasteiger charge is 2.42. The Kier molecular flexibility index (Phi) is 9.59. The number of aromatic nitrogens is 2. The van der Waals surface area contributed by atoms with Gasteiger partial charge in [-0.1, -0.05) is 32.0 Å². The molecule has 0 bridgehead atoms. The first-order valence-corrected chi connectivity index (χ1v) is 15.6. The van der Waals surface area contributed by atoms with Crippen LogP contribution in [-0.2, 0) is 22.4 Å². The lowest BCUT2D eigenvalue weighted by atomic mass is 9.79. The summed E-state index contributed by atoms with van der Waals surface area (Å²) in [5.41, 5.74) is 1.34. The second-order valence-electron chi connectivity index (χ2n) is 10.5. The van der Waals surface area contributed by atoms with Crippen molar-refractivity contribution < 1.29 is 23.0 Å². The predicted molar refractivity (Wildman–Crippen MR) is 157 cm³/mol. The number of nitrogens with zero attached hydrogens (tertiary/aromatic N) is 4. The standard InChI is InChI=1S/C28H32F3N5O2S.C2H6.H2/c1-27(30,31)22-6-2-5-21(17-22)9-12-28(36-15-4-16-36)11-3-14-35(19-28)23-7-8-25(24(29)18-23)39(37,38)34-26-10-13-32-20-33-26;1-2;/h2,5-8,10,13,17-18,20H,3-4,9,11-12,14-16,19H2,1H3,(H,32,33,34);1-2H3;1H/t28-;;/m1../s1. The van der Waals surface area contributed by atoms with Gasteiger partial charge in [0.15, 0.2) is 0 Å². The first-order chi connectivity index (χ1) is 19.6. The number of piperidine rings is 1. The molecule has 1 aromatic heterocycles. The van der Waals surface area contributed by atoms with Crippen LogP contribution in [0, 0.1) is 5.82 Å². The largest absolute Gasteiger partial charge is 0.370 e. The molecule has 2 aliphatic rings. The number of nitrogens with one attached hydrogen (secondary N) is 1. The van der Waals surface area contributed by atoms with Gasteiger partial charge in [0.1, 0.15) is 22.9 Å². The summed E-state index contributed by atoms with van der Waals surface area (Å²) in [6.45, 7) is 8.23. The number of hydrogen-bond donors (Lipinski definition) is 1. The number of aryl methyl sites for hydroxylation is 1. The van der Waals surface area contributed by atoms with Gasteiger partial charge in [-0.25, -0.2) is 31.6 Å². The summed E-state index contributed by atoms with van der Waals surface area (Å²) in [6, 6.07) is 12.2. The Morgan fingerprint density at radius 2 is 1.85 bits per heavy atom. The van der Waals surface area contributed by atoms with Gasteiger partial charge in [-0.2, -0.15) is 0 Å². The van der Waals surface area contributed by atoms with Crippen molar-refractivity contribution in [1.82, 2.24) is 14.9 Å². The maximum Gasteiger partial charge on any atom is 0.270 e. The second kappa shape index (κ2) is 12.8. The Hall–Kier alpha value is -3.18. The molecule has 5 rings (SSSR count). The molecular formula is C30H40F3N5O2S. The lowest BCUT2D eigenvalue weighted by Crippen LogP contribution is -2.63. The third-order valence-corrected chi connectivity index (χ3v) is 9.17. The molecule has 1 N–H and O–H groups in total. The average molecular weight is 592 g/mol. The number of anilines is 2. The van der Waals surface area contributed by atoms with Crippen LogP contribution in [0.15, 0.2) is 66.0 Å². The molecule has 11 heteroatoms. The minimum absolute atomic E-state index is 0. The number of halogens is 3. The summed E-state index contributed by atoms with van der Waals surface area (Å²) >= 11 is 0. The zero-order chi connectivity index (χ0) is 29.7. The molecule has 7 nitrogen and oxygen atoms in total. The molecule has 41 heavy (non-hydrogen) atoms. The molecule has 3 heterocycles. The van der Waals surface area contributed by atoms with Crippen LogP contribution in [-0.4, -0.2) is 55.0 Å². The van der Waals surface area contributed by atoms with Gasteiger partial charge in [-0.05, 0) is 81.1 Å². The van der Waals surface area contributed by atoms with E-state index in [9.17, 15) is 17.2 Å². The topological polar surface area (TPSA) is 78.4 Å². The number of alkyl halides is 2. The van der Waals surface area contributed by atoms with Gasteiger partial charge in [0.05, 0.1) is 0 Å². The van der Waals surface area contributed by atoms with Gasteiger partial charge < -0.3 is 4.90 Å². The molecule has 2 aromatic carbocycles. The quantitative estimate of drug-likeness (QED) is 0.307. The molecule has 224 valence electrons. The fourth-order valence-corrected chi connectivity index (χ4v) is 6.64. The molecule has 2 fully saturated rings. The van der Waals surface area contributed by atoms with Crippen molar-refractivity contribution in [2.24, 2.45) is 0 Å². The molecule has 2 aliphatic heterocycles. The molecule has 2 saturated heterocycles. The van der Waals surface area contributed by atoms with Crippen molar-refractivity contribution in [3.05, 3.63) is 78.0 Å². The minimum Gasteiger partial charge on any atom is -0.370 e. The first-order valence-electron chi connectivity index (χ1n) is 14.1. The Morgan fingerprint density at radius 3 is 2.49 bits per heavy atom. The summed E-state index contributed by atoms with van der Waals surface area (Å²) in [7, 11) is -4.17. The number of likely N-dealkylation sites (tertiary alicyclic amines) is 1. The van der Waals surface area contributed by atoms with Crippen molar-refractivity contribution >= 4 is 21.5 Å². The number of benzene rings is 2. The Morgan fingerprint density at radius 1 is 1.07 bits per heavy atom. The fourth-order valence-electron chi connectivity index (χ4n) is 5.57. The number of hydrogen-bond acceptors (Lipinski definition) is 6. The lowest BCUT2D eigenvalue weighted by molar-refractivity contribution is 0.0112. The van der Waals surface area contributed by atoms with E-state index in [4.69, 9.17) is 0 Å². The molecule has 0 radical (unpaired) electrons. The van der Waals surface area contributed by atoms with Crippen molar-refractivity contribution in [1.29, 1.82) is 0 Å². The number of sulfonamides is 1. The van der Waals surface area contributed by atoms with Crippen LogP contribution < -0.4 is 9.62 Å². The molecule has 0 saturated carbocycles. The van der Waals surface area contributed by atoms with E-state index in [0.717, 1.165) is 57.8 Å². The van der Waals surface area contributed by atoms with E-state index >= 15 is 4.39 Å². The molecule has 0 spiro atoms. The van der Waals surface area contributed by atoms with E-state index in [1.807, 2.05) is 19.9 Å². The average Bonchev–Trinajstić information content (AvgIpc) is 2.92. The van der Waals surface area contributed by atoms with E-state index in [1.165, 1.54) is 36.8 Å². The highest BCUT2D eigenvalue weighted by atomic mass is 32.2. The van der Waals surface area contributed by atoms with Crippen molar-refractivity contribution in [2.45, 2.75) is 69.2 Å². The van der Waals surface area contributed by atoms with E-state index in [-0.39, 0.29) is 18.3 Å². The van der Waals surface area contributed by atoms with Crippen LogP contribution in [0.3, 0.4) is 0 Å². The van der Waals surface area contributed by atoms with Crippen molar-refractivity contribution in [2.75, 3.05) is 35.8 Å². The summed E-state index contributed by atoms with van der Waals surface area (Å²) < 4.78 is 70.8. The highest BCUT2D eigenvalue weighted by Crippen LogP contribution is 2.38. The first kappa shape index (κ1) is 30.8. The molecule has 0 aliphatic carbocycles. The molecule has 0 amide bonds. The second-order valence-corrected chi connectivity index (χ2v) is 12.1. The molecule has 1 atom stereocenters. The SMILES string of the molecule is CC.CC(F)(F)c1cccc(CC[C@]2(N3CCC3)CCCN(c3ccc(S(=O)(=O)Nc4ccncn4)c(F)c3)C2)c1.[HH]. The third kappa shape index (κ3) is 7.19. The molecule has 3 aromatic rings. The van der Waals surface area contributed by atoms with Gasteiger partial charge in [-0.3, -0.25) is 9.62 Å². The van der Waals surface area contributed by atoms with Crippen LogP contribution >= 0.6 is 0 Å². The lowest BCUT2D eigenvalue weighted by Gasteiger charge is -2.54. The Bertz CT molecular complexity index is 1420. The predicted octanol–water partition coefficient (Wildman–Crippen LogP) is 6.48. The normalized spacial score (nSPS) is 19.6. The third-order valence-electron chi connectivity index (χ3n) is 7.79. The summed E-state index contributed by atoms with van der Waals surface area (Å²) in [6.07, 6.45) is 7.01. The van der Waals surface area contributed by atoms with Gasteiger partial charge in [-0.15, -0.1) is 0 Å². The smallest absolute Gasteiger partial charge is 0.270 e. The van der Waals surface area contributed by atoms with E-state index in [0.29, 0.717) is 18.7 Å². The van der Waals surface area contributed by atoms with Gasteiger partial charge in [0.2, 0.25) is 0 Å². The van der Waals surface area contributed by atoms with Gasteiger partial charge in [0, 0.05) is 44.4 Å². The van der Waals surface area contributed by atoms with Crippen LogP contribution in [0.1, 0.15) is 59.0 Å². The van der Waals surface area contributed by atoms with E-state index < -0.39 is 26.7 Å². The minimum atomic E-state index is -4.17. The van der Waals surface area contributed by atoms with Gasteiger partial charge in [0.25, 0.3) is 15.9 Å². The van der Waals surface area contributed by atoms with E-state index in [2.05, 4.69) is 24.5 Å². The number of rotatable bonds is 9. The zero-order valence-corrected chi connectivity index (χ0v) is 24.6. The summed E-state index contributed by atoms with van der Waals surface area (Å²) in [5.74, 6) is -3.68.